The Morgan fingerprint density at radius 1 is 1.28 bits per heavy atom. The van der Waals surface area contributed by atoms with Gasteiger partial charge in [0.15, 0.2) is 0 Å². The highest BCUT2D eigenvalue weighted by Crippen LogP contribution is 2.33. The summed E-state index contributed by atoms with van der Waals surface area (Å²) in [5.74, 6) is 0.877. The minimum absolute atomic E-state index is 0.0229. The Morgan fingerprint density at radius 3 is 2.92 bits per heavy atom. The van der Waals surface area contributed by atoms with Gasteiger partial charge in [0.2, 0.25) is 5.91 Å². The van der Waals surface area contributed by atoms with Crippen LogP contribution in [0.3, 0.4) is 0 Å². The smallest absolute Gasteiger partial charge is 0.234 e. The van der Waals surface area contributed by atoms with Gasteiger partial charge in [-0.2, -0.15) is 0 Å². The molecule has 5 heteroatoms. The summed E-state index contributed by atoms with van der Waals surface area (Å²) in [4.78, 5) is 14.6. The number of nitrogens with one attached hydrogen (secondary N) is 1. The number of methoxy groups -OCH3 is 1. The molecule has 0 spiro atoms. The van der Waals surface area contributed by atoms with E-state index >= 15 is 0 Å². The van der Waals surface area contributed by atoms with Gasteiger partial charge in [0, 0.05) is 17.6 Å². The Balaban J connectivity index is 1.59. The van der Waals surface area contributed by atoms with Gasteiger partial charge in [-0.1, -0.05) is 41.9 Å². The zero-order valence-corrected chi connectivity index (χ0v) is 15.1. The van der Waals surface area contributed by atoms with Crippen LogP contribution in [-0.2, 0) is 11.3 Å². The molecule has 1 atom stereocenters. The van der Waals surface area contributed by atoms with Crippen LogP contribution in [0.1, 0.15) is 30.0 Å². The summed E-state index contributed by atoms with van der Waals surface area (Å²) in [5.41, 5.74) is 2.14. The third kappa shape index (κ3) is 4.53. The summed E-state index contributed by atoms with van der Waals surface area (Å²) in [6.07, 6.45) is 2.16. The monoisotopic (exact) mass is 358 g/mol. The molecule has 0 saturated carbocycles. The summed E-state index contributed by atoms with van der Waals surface area (Å²) in [5, 5.41) is 3.65. The minimum atomic E-state index is 0.0229. The topological polar surface area (TPSA) is 41.6 Å². The average molecular weight is 359 g/mol. The Labute approximate surface area is 153 Å². The number of halogens is 1. The maximum absolute atomic E-state index is 12.4. The van der Waals surface area contributed by atoms with Crippen molar-refractivity contribution in [1.29, 1.82) is 0 Å². The number of hydrogen-bond acceptors (Lipinski definition) is 3. The third-order valence-corrected chi connectivity index (χ3v) is 4.99. The molecule has 2 aromatic rings. The van der Waals surface area contributed by atoms with Crippen LogP contribution in [0.15, 0.2) is 48.5 Å². The van der Waals surface area contributed by atoms with E-state index < -0.39 is 0 Å². The number of nitrogens with zero attached hydrogens (tertiary/aromatic N) is 1. The zero-order valence-electron chi connectivity index (χ0n) is 14.4. The second kappa shape index (κ2) is 8.37. The van der Waals surface area contributed by atoms with E-state index in [0.29, 0.717) is 18.1 Å². The lowest BCUT2D eigenvalue weighted by Gasteiger charge is -2.24. The van der Waals surface area contributed by atoms with Gasteiger partial charge in [-0.3, -0.25) is 9.69 Å². The van der Waals surface area contributed by atoms with Crippen molar-refractivity contribution in [2.75, 3.05) is 20.2 Å². The number of benzene rings is 2. The highest BCUT2D eigenvalue weighted by atomic mass is 35.5. The molecular formula is C20H23ClN2O2. The van der Waals surface area contributed by atoms with Gasteiger partial charge in [0.25, 0.3) is 0 Å². The summed E-state index contributed by atoms with van der Waals surface area (Å²) in [7, 11) is 1.67. The largest absolute Gasteiger partial charge is 0.497 e. The lowest BCUT2D eigenvalue weighted by Crippen LogP contribution is -2.36. The number of likely N-dealkylation sites (tertiary alicyclic amines) is 1. The molecule has 1 aliphatic rings. The molecule has 0 bridgehead atoms. The molecule has 1 saturated heterocycles. The summed E-state index contributed by atoms with van der Waals surface area (Å²) >= 11 is 6.14. The van der Waals surface area contributed by atoms with Crippen LogP contribution in [0, 0.1) is 0 Å². The predicted octanol–water partition coefficient (Wildman–Crippen LogP) is 3.80. The van der Waals surface area contributed by atoms with Crippen molar-refractivity contribution < 1.29 is 9.53 Å². The highest BCUT2D eigenvalue weighted by Gasteiger charge is 2.27. The lowest BCUT2D eigenvalue weighted by atomic mass is 10.0. The van der Waals surface area contributed by atoms with Crippen LogP contribution < -0.4 is 10.1 Å². The van der Waals surface area contributed by atoms with Crippen LogP contribution in [0.2, 0.25) is 5.02 Å². The third-order valence-electron chi connectivity index (χ3n) is 4.62. The van der Waals surface area contributed by atoms with E-state index in [1.54, 1.807) is 7.11 Å². The van der Waals surface area contributed by atoms with E-state index in [1.165, 1.54) is 5.56 Å². The van der Waals surface area contributed by atoms with Crippen LogP contribution >= 0.6 is 11.6 Å². The van der Waals surface area contributed by atoms with Crippen molar-refractivity contribution in [2.45, 2.75) is 25.4 Å². The van der Waals surface area contributed by atoms with E-state index in [2.05, 4.69) is 22.3 Å². The van der Waals surface area contributed by atoms with E-state index in [-0.39, 0.29) is 11.9 Å². The molecule has 1 unspecified atom stereocenters. The summed E-state index contributed by atoms with van der Waals surface area (Å²) < 4.78 is 5.32. The van der Waals surface area contributed by atoms with Gasteiger partial charge < -0.3 is 10.1 Å². The maximum Gasteiger partial charge on any atom is 0.234 e. The number of amides is 1. The van der Waals surface area contributed by atoms with Gasteiger partial charge in [-0.25, -0.2) is 0 Å². The molecule has 25 heavy (non-hydrogen) atoms. The van der Waals surface area contributed by atoms with Gasteiger partial charge >= 0.3 is 0 Å². The van der Waals surface area contributed by atoms with Crippen LogP contribution in [-0.4, -0.2) is 31.0 Å². The second-order valence-corrected chi connectivity index (χ2v) is 6.68. The molecule has 0 aromatic heterocycles. The van der Waals surface area contributed by atoms with Crippen molar-refractivity contribution in [3.8, 4) is 5.75 Å². The van der Waals surface area contributed by atoms with Crippen LogP contribution in [0.25, 0.3) is 0 Å². The van der Waals surface area contributed by atoms with Gasteiger partial charge in [-0.05, 0) is 48.7 Å². The molecular weight excluding hydrogens is 336 g/mol. The van der Waals surface area contributed by atoms with Gasteiger partial charge in [-0.15, -0.1) is 0 Å². The first kappa shape index (κ1) is 17.8. The molecule has 1 heterocycles. The van der Waals surface area contributed by atoms with E-state index in [4.69, 9.17) is 16.3 Å². The van der Waals surface area contributed by atoms with Crippen LogP contribution in [0.5, 0.6) is 5.75 Å². The molecule has 0 radical (unpaired) electrons. The molecule has 1 fully saturated rings. The fourth-order valence-electron chi connectivity index (χ4n) is 3.32. The number of carbonyl (C=O) groups is 1. The van der Waals surface area contributed by atoms with Gasteiger partial charge in [0.05, 0.1) is 13.7 Å². The van der Waals surface area contributed by atoms with Crippen molar-refractivity contribution in [3.63, 3.8) is 0 Å². The number of rotatable bonds is 6. The molecule has 1 amide bonds. The molecule has 1 N–H and O–H groups in total. The standard InChI is InChI=1S/C20H23ClN2O2/c1-25-17-8-4-7-15(12-17)19-10-5-11-23(19)14-20(24)22-13-16-6-2-3-9-18(16)21/h2-4,6-9,12,19H,5,10-11,13-14H2,1H3,(H,22,24). The quantitative estimate of drug-likeness (QED) is 0.853. The Bertz CT molecular complexity index is 735. The Morgan fingerprint density at radius 2 is 2.12 bits per heavy atom. The van der Waals surface area contributed by atoms with E-state index in [0.717, 1.165) is 30.7 Å². The number of hydrogen-bond donors (Lipinski definition) is 1. The van der Waals surface area contributed by atoms with Crippen molar-refractivity contribution in [3.05, 3.63) is 64.7 Å². The summed E-state index contributed by atoms with van der Waals surface area (Å²) in [6.45, 7) is 1.78. The SMILES string of the molecule is COc1cccc(C2CCCN2CC(=O)NCc2ccccc2Cl)c1. The highest BCUT2D eigenvalue weighted by molar-refractivity contribution is 6.31. The van der Waals surface area contributed by atoms with Crippen molar-refractivity contribution in [2.24, 2.45) is 0 Å². The fourth-order valence-corrected chi connectivity index (χ4v) is 3.52. The van der Waals surface area contributed by atoms with E-state index in [9.17, 15) is 4.79 Å². The first-order valence-electron chi connectivity index (χ1n) is 8.55. The molecule has 0 aliphatic carbocycles. The average Bonchev–Trinajstić information content (AvgIpc) is 3.09. The first-order chi connectivity index (χ1) is 12.2. The van der Waals surface area contributed by atoms with Gasteiger partial charge in [0.1, 0.15) is 5.75 Å². The Hall–Kier alpha value is -2.04. The minimum Gasteiger partial charge on any atom is -0.497 e. The molecule has 1 aliphatic heterocycles. The molecule has 3 rings (SSSR count). The molecule has 2 aromatic carbocycles. The maximum atomic E-state index is 12.4. The molecule has 4 nitrogen and oxygen atoms in total. The predicted molar refractivity (Wildman–Crippen MR) is 99.8 cm³/mol. The fraction of sp³-hybridized carbons (Fsp3) is 0.350. The number of carbonyl (C=O) groups excluding carboxylic acids is 1. The Kier molecular flexibility index (Phi) is 5.95. The number of ether oxygens (including phenoxy) is 1. The second-order valence-electron chi connectivity index (χ2n) is 6.27. The van der Waals surface area contributed by atoms with Crippen LogP contribution in [0.4, 0.5) is 0 Å². The molecule has 132 valence electrons. The zero-order chi connectivity index (χ0) is 17.6. The van der Waals surface area contributed by atoms with Crippen molar-refractivity contribution >= 4 is 17.5 Å². The van der Waals surface area contributed by atoms with Crippen molar-refractivity contribution in [1.82, 2.24) is 10.2 Å². The summed E-state index contributed by atoms with van der Waals surface area (Å²) in [6, 6.07) is 15.9. The van der Waals surface area contributed by atoms with E-state index in [1.807, 2.05) is 36.4 Å². The lowest BCUT2D eigenvalue weighted by molar-refractivity contribution is -0.122. The normalized spacial score (nSPS) is 17.4. The first-order valence-corrected chi connectivity index (χ1v) is 8.93.